The average molecular weight is 320 g/mol. The third-order valence-electron chi connectivity index (χ3n) is 2.57. The second kappa shape index (κ2) is 6.82. The van der Waals surface area contributed by atoms with Gasteiger partial charge in [0.15, 0.2) is 0 Å². The van der Waals surface area contributed by atoms with Gasteiger partial charge >= 0.3 is 5.97 Å². The highest BCUT2D eigenvalue weighted by Gasteiger charge is 2.25. The van der Waals surface area contributed by atoms with Gasteiger partial charge in [-0.2, -0.15) is 4.31 Å². The molecule has 0 spiro atoms. The Balaban J connectivity index is 2.69. The zero-order valence-corrected chi connectivity index (χ0v) is 12.7. The first kappa shape index (κ1) is 16.6. The molecule has 7 nitrogen and oxygen atoms in total. The van der Waals surface area contributed by atoms with Gasteiger partial charge in [-0.25, -0.2) is 13.2 Å². The van der Waals surface area contributed by atoms with Crippen LogP contribution >= 0.6 is 11.3 Å². The highest BCUT2D eigenvalue weighted by molar-refractivity contribution is 7.91. The number of nitrogens with one attached hydrogen (secondary N) is 1. The van der Waals surface area contributed by atoms with Gasteiger partial charge in [-0.05, 0) is 17.9 Å². The van der Waals surface area contributed by atoms with Crippen molar-refractivity contribution in [2.24, 2.45) is 0 Å². The van der Waals surface area contributed by atoms with Crippen LogP contribution in [-0.4, -0.2) is 49.3 Å². The number of thiophene rings is 1. The molecule has 1 heterocycles. The molecule has 1 aromatic heterocycles. The lowest BCUT2D eigenvalue weighted by atomic mass is 10.2. The van der Waals surface area contributed by atoms with E-state index in [1.54, 1.807) is 18.4 Å². The van der Waals surface area contributed by atoms with Crippen LogP contribution in [-0.2, 0) is 19.6 Å². The van der Waals surface area contributed by atoms with E-state index in [4.69, 9.17) is 5.11 Å². The van der Waals surface area contributed by atoms with Crippen molar-refractivity contribution in [3.05, 3.63) is 17.5 Å². The summed E-state index contributed by atoms with van der Waals surface area (Å²) in [5.41, 5.74) is 0. The number of hydrogen-bond donors (Lipinski definition) is 2. The summed E-state index contributed by atoms with van der Waals surface area (Å²) < 4.78 is 25.1. The van der Waals surface area contributed by atoms with Crippen molar-refractivity contribution in [2.75, 3.05) is 13.6 Å². The maximum absolute atomic E-state index is 12.1. The number of carbonyl (C=O) groups excluding carboxylic acids is 1. The molecule has 1 aromatic rings. The second-order valence-electron chi connectivity index (χ2n) is 4.06. The first-order valence-corrected chi connectivity index (χ1v) is 8.13. The number of carboxylic acid groups (broad SMARTS) is 1. The summed E-state index contributed by atoms with van der Waals surface area (Å²) in [5, 5.41) is 12.7. The number of rotatable bonds is 7. The van der Waals surface area contributed by atoms with Crippen LogP contribution in [0.5, 0.6) is 0 Å². The minimum absolute atomic E-state index is 0.137. The average Bonchev–Trinajstić information content (AvgIpc) is 2.89. The quantitative estimate of drug-likeness (QED) is 0.754. The van der Waals surface area contributed by atoms with Crippen molar-refractivity contribution in [2.45, 2.75) is 23.6 Å². The molecule has 0 aromatic carbocycles. The molecule has 1 unspecified atom stereocenters. The largest absolute Gasteiger partial charge is 0.480 e. The highest BCUT2D eigenvalue weighted by atomic mass is 32.2. The molecule has 0 radical (unpaired) electrons. The second-order valence-corrected chi connectivity index (χ2v) is 7.28. The van der Waals surface area contributed by atoms with Crippen LogP contribution in [0.1, 0.15) is 13.3 Å². The van der Waals surface area contributed by atoms with E-state index in [-0.39, 0.29) is 10.6 Å². The summed E-state index contributed by atoms with van der Waals surface area (Å²) in [5.74, 6) is -1.80. The lowest BCUT2D eigenvalue weighted by Gasteiger charge is -2.17. The van der Waals surface area contributed by atoms with E-state index in [2.05, 4.69) is 5.32 Å². The monoisotopic (exact) mass is 320 g/mol. The van der Waals surface area contributed by atoms with E-state index < -0.39 is 34.5 Å². The van der Waals surface area contributed by atoms with Gasteiger partial charge in [-0.15, -0.1) is 11.3 Å². The Hall–Kier alpha value is -1.45. The highest BCUT2D eigenvalue weighted by Crippen LogP contribution is 2.19. The summed E-state index contributed by atoms with van der Waals surface area (Å²) in [6.45, 7) is 1.19. The summed E-state index contributed by atoms with van der Waals surface area (Å²) in [4.78, 5) is 22.5. The Labute approximate surface area is 121 Å². The number of carboxylic acids is 1. The van der Waals surface area contributed by atoms with E-state index in [1.807, 2.05) is 0 Å². The molecule has 0 saturated heterocycles. The normalized spacial score (nSPS) is 13.2. The van der Waals surface area contributed by atoms with Crippen molar-refractivity contribution in [1.82, 2.24) is 9.62 Å². The van der Waals surface area contributed by atoms with Gasteiger partial charge in [0.05, 0.1) is 6.54 Å². The lowest BCUT2D eigenvalue weighted by molar-refractivity contribution is -0.141. The Morgan fingerprint density at radius 1 is 1.50 bits per heavy atom. The van der Waals surface area contributed by atoms with Crippen LogP contribution in [0, 0.1) is 0 Å². The zero-order chi connectivity index (χ0) is 15.3. The molecule has 112 valence electrons. The van der Waals surface area contributed by atoms with Crippen LogP contribution in [0.3, 0.4) is 0 Å². The van der Waals surface area contributed by atoms with Crippen LogP contribution in [0.25, 0.3) is 0 Å². The van der Waals surface area contributed by atoms with E-state index in [1.165, 1.54) is 13.1 Å². The van der Waals surface area contributed by atoms with Gasteiger partial charge < -0.3 is 10.4 Å². The number of nitrogens with zero attached hydrogens (tertiary/aromatic N) is 1. The molecular weight excluding hydrogens is 304 g/mol. The number of carbonyl (C=O) groups is 2. The minimum Gasteiger partial charge on any atom is -0.480 e. The van der Waals surface area contributed by atoms with Crippen LogP contribution in [0.2, 0.25) is 0 Å². The Morgan fingerprint density at radius 2 is 2.15 bits per heavy atom. The van der Waals surface area contributed by atoms with Gasteiger partial charge in [0, 0.05) is 7.05 Å². The van der Waals surface area contributed by atoms with Gasteiger partial charge in [0.2, 0.25) is 5.91 Å². The molecule has 0 bridgehead atoms. The van der Waals surface area contributed by atoms with Crippen molar-refractivity contribution >= 4 is 33.2 Å². The van der Waals surface area contributed by atoms with Crippen molar-refractivity contribution in [1.29, 1.82) is 0 Å². The molecular formula is C11H16N2O5S2. The molecule has 0 aliphatic carbocycles. The minimum atomic E-state index is -3.71. The van der Waals surface area contributed by atoms with Gasteiger partial charge in [-0.1, -0.05) is 13.0 Å². The van der Waals surface area contributed by atoms with Crippen LogP contribution in [0.4, 0.5) is 0 Å². The van der Waals surface area contributed by atoms with Crippen LogP contribution in [0.15, 0.2) is 21.7 Å². The molecule has 1 amide bonds. The fourth-order valence-corrected chi connectivity index (χ4v) is 3.76. The molecule has 0 saturated carbocycles. The third kappa shape index (κ3) is 4.02. The number of sulfonamides is 1. The van der Waals surface area contributed by atoms with Crippen molar-refractivity contribution in [3.63, 3.8) is 0 Å². The topological polar surface area (TPSA) is 104 Å². The smallest absolute Gasteiger partial charge is 0.326 e. The fourth-order valence-electron chi connectivity index (χ4n) is 1.43. The molecule has 9 heteroatoms. The van der Waals surface area contributed by atoms with Gasteiger partial charge in [-0.3, -0.25) is 4.79 Å². The lowest BCUT2D eigenvalue weighted by Crippen LogP contribution is -2.45. The Morgan fingerprint density at radius 3 is 2.60 bits per heavy atom. The Bertz CT molecular complexity index is 568. The number of hydrogen-bond acceptors (Lipinski definition) is 5. The zero-order valence-electron chi connectivity index (χ0n) is 11.1. The summed E-state index contributed by atoms with van der Waals surface area (Å²) in [6.07, 6.45) is 0.225. The molecule has 2 N–H and O–H groups in total. The Kier molecular flexibility index (Phi) is 5.66. The van der Waals surface area contributed by atoms with Crippen molar-refractivity contribution in [3.8, 4) is 0 Å². The van der Waals surface area contributed by atoms with Gasteiger partial charge in [0.1, 0.15) is 10.3 Å². The molecule has 1 atom stereocenters. The maximum Gasteiger partial charge on any atom is 0.326 e. The fraction of sp³-hybridized carbons (Fsp3) is 0.455. The molecule has 1 rings (SSSR count). The predicted molar refractivity (Wildman–Crippen MR) is 74.0 cm³/mol. The summed E-state index contributed by atoms with van der Waals surface area (Å²) >= 11 is 1.05. The van der Waals surface area contributed by atoms with Gasteiger partial charge in [0.25, 0.3) is 10.0 Å². The summed E-state index contributed by atoms with van der Waals surface area (Å²) in [7, 11) is -2.44. The molecule has 0 aliphatic rings. The third-order valence-corrected chi connectivity index (χ3v) is 5.74. The van der Waals surface area contributed by atoms with E-state index >= 15 is 0 Å². The predicted octanol–water partition coefficient (Wildman–Crippen LogP) is 0.348. The standard InChI is InChI=1S/C11H16N2O5S2/c1-3-8(11(15)16)12-9(14)7-13(2)20(17,18)10-5-4-6-19-10/h4-6,8H,3,7H2,1-2H3,(H,12,14)(H,15,16). The molecule has 20 heavy (non-hydrogen) atoms. The first-order chi connectivity index (χ1) is 9.28. The van der Waals surface area contributed by atoms with Crippen LogP contribution < -0.4 is 5.32 Å². The van der Waals surface area contributed by atoms with Crippen molar-refractivity contribution < 1.29 is 23.1 Å². The number of likely N-dealkylation sites (N-methyl/N-ethyl adjacent to an activating group) is 1. The first-order valence-electron chi connectivity index (χ1n) is 5.81. The van der Waals surface area contributed by atoms with E-state index in [0.29, 0.717) is 0 Å². The molecule has 0 aliphatic heterocycles. The number of amides is 1. The van der Waals surface area contributed by atoms with E-state index in [0.717, 1.165) is 15.6 Å². The maximum atomic E-state index is 12.1. The number of aliphatic carboxylic acids is 1. The SMILES string of the molecule is CCC(NC(=O)CN(C)S(=O)(=O)c1cccs1)C(=O)O. The van der Waals surface area contributed by atoms with E-state index in [9.17, 15) is 18.0 Å². The molecule has 0 fully saturated rings. The summed E-state index contributed by atoms with van der Waals surface area (Å²) in [6, 6.07) is 2.03.